The van der Waals surface area contributed by atoms with E-state index < -0.39 is 0 Å². The van der Waals surface area contributed by atoms with E-state index in [0.717, 1.165) is 29.9 Å². The number of aromatic nitrogens is 1. The highest BCUT2D eigenvalue weighted by Crippen LogP contribution is 2.27. The Kier molecular flexibility index (Phi) is 3.99. The molecule has 2 aromatic rings. The zero-order chi connectivity index (χ0) is 13.1. The van der Waals surface area contributed by atoms with Gasteiger partial charge >= 0.3 is 0 Å². The lowest BCUT2D eigenvalue weighted by molar-refractivity contribution is 0.393. The summed E-state index contributed by atoms with van der Waals surface area (Å²) in [4.78, 5) is 4.48. The third-order valence-corrected chi connectivity index (χ3v) is 4.40. The van der Waals surface area contributed by atoms with Crippen LogP contribution in [0.4, 0.5) is 5.82 Å². The normalized spacial score (nSPS) is 19.5. The van der Waals surface area contributed by atoms with Crippen LogP contribution in [0, 0.1) is 5.92 Å². The van der Waals surface area contributed by atoms with Crippen molar-refractivity contribution < 1.29 is 0 Å². The third-order valence-electron chi connectivity index (χ3n) is 3.71. The molecule has 19 heavy (non-hydrogen) atoms. The Morgan fingerprint density at radius 3 is 3.11 bits per heavy atom. The molecule has 0 saturated carbocycles. The predicted octanol–water partition coefficient (Wildman–Crippen LogP) is 3.41. The van der Waals surface area contributed by atoms with Crippen molar-refractivity contribution in [2.75, 3.05) is 25.0 Å². The Balaban J connectivity index is 1.79. The second-order valence-electron chi connectivity index (χ2n) is 5.09. The van der Waals surface area contributed by atoms with E-state index in [1.807, 2.05) is 12.3 Å². The van der Waals surface area contributed by atoms with Crippen LogP contribution in [0.5, 0.6) is 0 Å². The SMILES string of the molecule is Brc1cccc2c(NCC3CCCNC3)nccc12. The van der Waals surface area contributed by atoms with E-state index in [1.54, 1.807) is 0 Å². The summed E-state index contributed by atoms with van der Waals surface area (Å²) in [7, 11) is 0. The first-order valence-corrected chi connectivity index (χ1v) is 7.62. The molecule has 100 valence electrons. The van der Waals surface area contributed by atoms with Crippen LogP contribution in [0.1, 0.15) is 12.8 Å². The first-order chi connectivity index (χ1) is 9.34. The van der Waals surface area contributed by atoms with E-state index in [-0.39, 0.29) is 0 Å². The molecule has 0 amide bonds. The monoisotopic (exact) mass is 319 g/mol. The third kappa shape index (κ3) is 2.90. The van der Waals surface area contributed by atoms with Crippen LogP contribution in [-0.4, -0.2) is 24.6 Å². The molecule has 1 aromatic carbocycles. The summed E-state index contributed by atoms with van der Waals surface area (Å²) < 4.78 is 1.12. The van der Waals surface area contributed by atoms with Gasteiger partial charge in [0, 0.05) is 28.0 Å². The van der Waals surface area contributed by atoms with E-state index in [2.05, 4.69) is 49.7 Å². The molecule has 1 unspecified atom stereocenters. The van der Waals surface area contributed by atoms with Crippen molar-refractivity contribution in [3.05, 3.63) is 34.9 Å². The van der Waals surface area contributed by atoms with Gasteiger partial charge in [0.15, 0.2) is 0 Å². The van der Waals surface area contributed by atoms with Gasteiger partial charge in [-0.05, 0) is 44.0 Å². The molecule has 1 fully saturated rings. The fourth-order valence-corrected chi connectivity index (χ4v) is 3.15. The van der Waals surface area contributed by atoms with Crippen molar-refractivity contribution >= 4 is 32.5 Å². The molecule has 1 aromatic heterocycles. The summed E-state index contributed by atoms with van der Waals surface area (Å²) >= 11 is 3.59. The zero-order valence-corrected chi connectivity index (χ0v) is 12.4. The molecule has 4 heteroatoms. The summed E-state index contributed by atoms with van der Waals surface area (Å²) in [6.45, 7) is 3.27. The highest BCUT2D eigenvalue weighted by Gasteiger charge is 2.13. The summed E-state index contributed by atoms with van der Waals surface area (Å²) in [6, 6.07) is 8.29. The van der Waals surface area contributed by atoms with E-state index >= 15 is 0 Å². The first kappa shape index (κ1) is 12.9. The molecule has 0 radical (unpaired) electrons. The molecule has 2 heterocycles. The molecule has 1 aliphatic heterocycles. The molecular weight excluding hydrogens is 302 g/mol. The lowest BCUT2D eigenvalue weighted by Gasteiger charge is -2.23. The van der Waals surface area contributed by atoms with Crippen molar-refractivity contribution in [3.63, 3.8) is 0 Å². The maximum absolute atomic E-state index is 4.48. The molecule has 0 spiro atoms. The van der Waals surface area contributed by atoms with Gasteiger partial charge in [0.25, 0.3) is 0 Å². The van der Waals surface area contributed by atoms with Crippen molar-refractivity contribution in [1.82, 2.24) is 10.3 Å². The summed E-state index contributed by atoms with van der Waals surface area (Å²) in [5, 5.41) is 9.35. The first-order valence-electron chi connectivity index (χ1n) is 6.82. The van der Waals surface area contributed by atoms with Gasteiger partial charge in [-0.3, -0.25) is 0 Å². The standard InChI is InChI=1S/C15H18BrN3/c16-14-5-1-4-13-12(14)6-8-18-15(13)19-10-11-3-2-7-17-9-11/h1,4-6,8,11,17H,2-3,7,9-10H2,(H,18,19). The Hall–Kier alpha value is -1.13. The van der Waals surface area contributed by atoms with Gasteiger partial charge in [0.1, 0.15) is 5.82 Å². The van der Waals surface area contributed by atoms with Crippen molar-refractivity contribution in [3.8, 4) is 0 Å². The topological polar surface area (TPSA) is 37.0 Å². The molecular formula is C15H18BrN3. The highest BCUT2D eigenvalue weighted by molar-refractivity contribution is 9.10. The minimum atomic E-state index is 0.706. The van der Waals surface area contributed by atoms with Crippen LogP contribution in [0.15, 0.2) is 34.9 Å². The maximum atomic E-state index is 4.48. The number of hydrogen-bond donors (Lipinski definition) is 2. The molecule has 2 N–H and O–H groups in total. The van der Waals surface area contributed by atoms with Crippen LogP contribution < -0.4 is 10.6 Å². The van der Waals surface area contributed by atoms with Gasteiger partial charge in [0.05, 0.1) is 0 Å². The molecule has 3 nitrogen and oxygen atoms in total. The molecule has 1 saturated heterocycles. The predicted molar refractivity (Wildman–Crippen MR) is 83.5 cm³/mol. The van der Waals surface area contributed by atoms with Crippen molar-refractivity contribution in [2.45, 2.75) is 12.8 Å². The summed E-state index contributed by atoms with van der Waals surface area (Å²) in [5.41, 5.74) is 0. The van der Waals surface area contributed by atoms with E-state index in [1.165, 1.54) is 23.6 Å². The molecule has 0 aliphatic carbocycles. The lowest BCUT2D eigenvalue weighted by atomic mass is 10.00. The van der Waals surface area contributed by atoms with Crippen LogP contribution in [-0.2, 0) is 0 Å². The number of nitrogens with one attached hydrogen (secondary N) is 2. The number of halogens is 1. The summed E-state index contributed by atoms with van der Waals surface area (Å²) in [5.74, 6) is 1.70. The number of anilines is 1. The minimum Gasteiger partial charge on any atom is -0.369 e. The van der Waals surface area contributed by atoms with E-state index in [9.17, 15) is 0 Å². The van der Waals surface area contributed by atoms with Gasteiger partial charge in [0.2, 0.25) is 0 Å². The lowest BCUT2D eigenvalue weighted by Crippen LogP contribution is -2.33. The van der Waals surface area contributed by atoms with Gasteiger partial charge in [-0.2, -0.15) is 0 Å². The fourth-order valence-electron chi connectivity index (χ4n) is 2.65. The smallest absolute Gasteiger partial charge is 0.133 e. The average molecular weight is 320 g/mol. The van der Waals surface area contributed by atoms with Crippen LogP contribution in [0.2, 0.25) is 0 Å². The Labute approximate surface area is 121 Å². The minimum absolute atomic E-state index is 0.706. The van der Waals surface area contributed by atoms with Gasteiger partial charge < -0.3 is 10.6 Å². The number of fused-ring (bicyclic) bond motifs is 1. The number of hydrogen-bond acceptors (Lipinski definition) is 3. The Bertz CT molecular complexity index is 564. The van der Waals surface area contributed by atoms with Gasteiger partial charge in [-0.25, -0.2) is 4.98 Å². The molecule has 0 bridgehead atoms. The number of pyridine rings is 1. The molecule has 3 rings (SSSR count). The van der Waals surface area contributed by atoms with Gasteiger partial charge in [-0.1, -0.05) is 28.1 Å². The molecule has 1 aliphatic rings. The Morgan fingerprint density at radius 1 is 1.32 bits per heavy atom. The average Bonchev–Trinajstić information content (AvgIpc) is 2.47. The quantitative estimate of drug-likeness (QED) is 0.910. The highest BCUT2D eigenvalue weighted by atomic mass is 79.9. The maximum Gasteiger partial charge on any atom is 0.133 e. The number of piperidine rings is 1. The number of rotatable bonds is 3. The fraction of sp³-hybridized carbons (Fsp3) is 0.400. The van der Waals surface area contributed by atoms with Crippen LogP contribution in [0.25, 0.3) is 10.8 Å². The van der Waals surface area contributed by atoms with E-state index in [0.29, 0.717) is 5.92 Å². The number of nitrogens with zero attached hydrogens (tertiary/aromatic N) is 1. The van der Waals surface area contributed by atoms with E-state index in [4.69, 9.17) is 0 Å². The van der Waals surface area contributed by atoms with Crippen molar-refractivity contribution in [1.29, 1.82) is 0 Å². The Morgan fingerprint density at radius 2 is 2.26 bits per heavy atom. The van der Waals surface area contributed by atoms with Crippen molar-refractivity contribution in [2.24, 2.45) is 5.92 Å². The zero-order valence-electron chi connectivity index (χ0n) is 10.8. The second-order valence-corrected chi connectivity index (χ2v) is 5.94. The second kappa shape index (κ2) is 5.88. The molecule has 1 atom stereocenters. The van der Waals surface area contributed by atoms with Gasteiger partial charge in [-0.15, -0.1) is 0 Å². The largest absolute Gasteiger partial charge is 0.369 e. The van der Waals surface area contributed by atoms with Crippen LogP contribution >= 0.6 is 15.9 Å². The summed E-state index contributed by atoms with van der Waals surface area (Å²) in [6.07, 6.45) is 4.45. The van der Waals surface area contributed by atoms with Crippen LogP contribution in [0.3, 0.4) is 0 Å². The number of benzene rings is 1.